The van der Waals surface area contributed by atoms with Crippen molar-refractivity contribution in [3.8, 4) is 6.07 Å². The Bertz CT molecular complexity index is 148. The fourth-order valence-corrected chi connectivity index (χ4v) is 0.412. The van der Waals surface area contributed by atoms with Crippen LogP contribution >= 0.6 is 0 Å². The first-order valence-electron chi connectivity index (χ1n) is 3.26. The number of carbonyl (C=O) groups is 1. The number of nitriles is 1. The van der Waals surface area contributed by atoms with Crippen molar-refractivity contribution in [3.05, 3.63) is 0 Å². The van der Waals surface area contributed by atoms with Crippen molar-refractivity contribution in [1.82, 2.24) is 0 Å². The van der Waals surface area contributed by atoms with Gasteiger partial charge in [0.05, 0.1) is 5.92 Å². The quantitative estimate of drug-likeness (QED) is 0.553. The highest BCUT2D eigenvalue weighted by molar-refractivity contribution is 5.71. The average molecular weight is 141 g/mol. The van der Waals surface area contributed by atoms with E-state index < -0.39 is 0 Å². The SMILES string of the molecule is CCC(C)C(=O)OCC#N. The molecule has 0 saturated heterocycles. The summed E-state index contributed by atoms with van der Waals surface area (Å²) in [6, 6.07) is 1.73. The molecule has 1 unspecified atom stereocenters. The Morgan fingerprint density at radius 2 is 2.40 bits per heavy atom. The van der Waals surface area contributed by atoms with E-state index in [0.29, 0.717) is 0 Å². The molecule has 3 heteroatoms. The van der Waals surface area contributed by atoms with E-state index in [1.807, 2.05) is 6.92 Å². The van der Waals surface area contributed by atoms with E-state index >= 15 is 0 Å². The van der Waals surface area contributed by atoms with Gasteiger partial charge in [-0.15, -0.1) is 0 Å². The van der Waals surface area contributed by atoms with Gasteiger partial charge in [0.25, 0.3) is 0 Å². The predicted octanol–water partition coefficient (Wildman–Crippen LogP) is 1.10. The topological polar surface area (TPSA) is 50.1 Å². The van der Waals surface area contributed by atoms with Gasteiger partial charge < -0.3 is 4.74 Å². The molecule has 0 N–H and O–H groups in total. The molecular weight excluding hydrogens is 130 g/mol. The fourth-order valence-electron chi connectivity index (χ4n) is 0.412. The highest BCUT2D eigenvalue weighted by atomic mass is 16.5. The lowest BCUT2D eigenvalue weighted by molar-refractivity contribution is -0.146. The third kappa shape index (κ3) is 3.08. The molecule has 0 aromatic carbocycles. The summed E-state index contributed by atoms with van der Waals surface area (Å²) in [5.41, 5.74) is 0. The molecule has 0 aliphatic rings. The van der Waals surface area contributed by atoms with Crippen LogP contribution in [0.1, 0.15) is 20.3 Å². The molecule has 0 fully saturated rings. The number of esters is 1. The lowest BCUT2D eigenvalue weighted by atomic mass is 10.1. The average Bonchev–Trinajstić information content (AvgIpc) is 1.98. The highest BCUT2D eigenvalue weighted by Gasteiger charge is 2.10. The molecule has 0 radical (unpaired) electrons. The van der Waals surface area contributed by atoms with Gasteiger partial charge in [0.1, 0.15) is 6.07 Å². The number of hydrogen-bond donors (Lipinski definition) is 0. The van der Waals surface area contributed by atoms with Crippen molar-refractivity contribution in [2.45, 2.75) is 20.3 Å². The summed E-state index contributed by atoms with van der Waals surface area (Å²) in [5, 5.41) is 8.04. The zero-order valence-electron chi connectivity index (χ0n) is 6.26. The number of carbonyl (C=O) groups excluding carboxylic acids is 1. The Hall–Kier alpha value is -1.04. The molecular formula is C7H11NO2. The molecule has 10 heavy (non-hydrogen) atoms. The summed E-state index contributed by atoms with van der Waals surface area (Å²) in [6.45, 7) is 3.54. The van der Waals surface area contributed by atoms with Crippen LogP contribution in [0.2, 0.25) is 0 Å². The van der Waals surface area contributed by atoms with E-state index in [2.05, 4.69) is 4.74 Å². The molecule has 56 valence electrons. The number of hydrogen-bond acceptors (Lipinski definition) is 3. The van der Waals surface area contributed by atoms with Gasteiger partial charge in [-0.1, -0.05) is 13.8 Å². The Morgan fingerprint density at radius 3 is 2.80 bits per heavy atom. The maximum absolute atomic E-state index is 10.8. The molecule has 0 aliphatic heterocycles. The summed E-state index contributed by atoms with van der Waals surface area (Å²) in [5.74, 6) is -0.377. The van der Waals surface area contributed by atoms with Crippen molar-refractivity contribution < 1.29 is 9.53 Å². The van der Waals surface area contributed by atoms with E-state index in [-0.39, 0.29) is 18.5 Å². The van der Waals surface area contributed by atoms with Crippen LogP contribution in [0.15, 0.2) is 0 Å². The van der Waals surface area contributed by atoms with Crippen LogP contribution < -0.4 is 0 Å². The zero-order chi connectivity index (χ0) is 7.98. The minimum Gasteiger partial charge on any atom is -0.450 e. The highest BCUT2D eigenvalue weighted by Crippen LogP contribution is 2.01. The minimum atomic E-state index is -0.288. The van der Waals surface area contributed by atoms with Crippen molar-refractivity contribution in [2.24, 2.45) is 5.92 Å². The van der Waals surface area contributed by atoms with E-state index in [0.717, 1.165) is 6.42 Å². The number of rotatable bonds is 3. The van der Waals surface area contributed by atoms with Crippen molar-refractivity contribution in [2.75, 3.05) is 6.61 Å². The molecule has 1 atom stereocenters. The normalized spacial score (nSPS) is 11.7. The number of nitrogens with zero attached hydrogens (tertiary/aromatic N) is 1. The Balaban J connectivity index is 3.54. The lowest BCUT2D eigenvalue weighted by Crippen LogP contribution is -2.13. The first-order chi connectivity index (χ1) is 4.72. The molecule has 0 bridgehead atoms. The summed E-state index contributed by atoms with van der Waals surface area (Å²) >= 11 is 0. The molecule has 0 saturated carbocycles. The van der Waals surface area contributed by atoms with Crippen molar-refractivity contribution in [1.29, 1.82) is 5.26 Å². The molecule has 3 nitrogen and oxygen atoms in total. The Labute approximate surface area is 60.6 Å². The first kappa shape index (κ1) is 8.96. The standard InChI is InChI=1S/C7H11NO2/c1-3-6(2)7(9)10-5-4-8/h6H,3,5H2,1-2H3. The smallest absolute Gasteiger partial charge is 0.309 e. The van der Waals surface area contributed by atoms with Crippen LogP contribution in [0.25, 0.3) is 0 Å². The van der Waals surface area contributed by atoms with Crippen LogP contribution in [0, 0.1) is 17.2 Å². The minimum absolute atomic E-state index is 0.0895. The lowest BCUT2D eigenvalue weighted by Gasteiger charge is -2.04. The van der Waals surface area contributed by atoms with Gasteiger partial charge in [-0.2, -0.15) is 5.26 Å². The molecule has 0 aromatic rings. The molecule has 0 spiro atoms. The van der Waals surface area contributed by atoms with Gasteiger partial charge in [-0.3, -0.25) is 4.79 Å². The van der Waals surface area contributed by atoms with Crippen LogP contribution in [-0.2, 0) is 9.53 Å². The van der Waals surface area contributed by atoms with Gasteiger partial charge in [0.15, 0.2) is 6.61 Å². The first-order valence-corrected chi connectivity index (χ1v) is 3.26. The van der Waals surface area contributed by atoms with E-state index in [1.54, 1.807) is 13.0 Å². The number of ether oxygens (including phenoxy) is 1. The second-order valence-corrected chi connectivity index (χ2v) is 2.08. The van der Waals surface area contributed by atoms with Gasteiger partial charge >= 0.3 is 5.97 Å². The molecule has 0 aromatic heterocycles. The second kappa shape index (κ2) is 4.80. The van der Waals surface area contributed by atoms with Crippen LogP contribution in [-0.4, -0.2) is 12.6 Å². The van der Waals surface area contributed by atoms with E-state index in [9.17, 15) is 4.79 Å². The summed E-state index contributed by atoms with van der Waals surface area (Å²) in [4.78, 5) is 10.8. The monoisotopic (exact) mass is 141 g/mol. The van der Waals surface area contributed by atoms with Gasteiger partial charge in [-0.05, 0) is 6.42 Å². The molecule has 0 rings (SSSR count). The third-order valence-electron chi connectivity index (χ3n) is 1.29. The fraction of sp³-hybridized carbons (Fsp3) is 0.714. The Morgan fingerprint density at radius 1 is 1.80 bits per heavy atom. The van der Waals surface area contributed by atoms with Crippen LogP contribution in [0.4, 0.5) is 0 Å². The zero-order valence-corrected chi connectivity index (χ0v) is 6.26. The third-order valence-corrected chi connectivity index (χ3v) is 1.29. The maximum Gasteiger partial charge on any atom is 0.309 e. The van der Waals surface area contributed by atoms with E-state index in [4.69, 9.17) is 5.26 Å². The molecule has 0 heterocycles. The summed E-state index contributed by atoms with van der Waals surface area (Å²) in [7, 11) is 0. The second-order valence-electron chi connectivity index (χ2n) is 2.08. The van der Waals surface area contributed by atoms with Crippen molar-refractivity contribution in [3.63, 3.8) is 0 Å². The largest absolute Gasteiger partial charge is 0.450 e. The van der Waals surface area contributed by atoms with E-state index in [1.165, 1.54) is 0 Å². The maximum atomic E-state index is 10.8. The molecule has 0 amide bonds. The summed E-state index contributed by atoms with van der Waals surface area (Å²) in [6.07, 6.45) is 0.754. The van der Waals surface area contributed by atoms with Gasteiger partial charge in [-0.25, -0.2) is 0 Å². The molecule has 0 aliphatic carbocycles. The van der Waals surface area contributed by atoms with Crippen molar-refractivity contribution >= 4 is 5.97 Å². The predicted molar refractivity (Wildman–Crippen MR) is 36.0 cm³/mol. The Kier molecular flexibility index (Phi) is 4.30. The van der Waals surface area contributed by atoms with Crippen LogP contribution in [0.5, 0.6) is 0 Å². The van der Waals surface area contributed by atoms with Crippen LogP contribution in [0.3, 0.4) is 0 Å². The van der Waals surface area contributed by atoms with Gasteiger partial charge in [0, 0.05) is 0 Å². The summed E-state index contributed by atoms with van der Waals surface area (Å²) < 4.78 is 4.54. The van der Waals surface area contributed by atoms with Gasteiger partial charge in [0.2, 0.25) is 0 Å².